The lowest BCUT2D eigenvalue weighted by atomic mass is 10.1. The van der Waals surface area contributed by atoms with E-state index >= 15 is 0 Å². The van der Waals surface area contributed by atoms with Gasteiger partial charge in [0.2, 0.25) is 0 Å². The summed E-state index contributed by atoms with van der Waals surface area (Å²) in [5.74, 6) is -0.970. The molecule has 2 aromatic carbocycles. The van der Waals surface area contributed by atoms with Crippen molar-refractivity contribution in [2.75, 3.05) is 19.5 Å². The summed E-state index contributed by atoms with van der Waals surface area (Å²) in [5.41, 5.74) is 1.85. The molecule has 94 valence electrons. The van der Waals surface area contributed by atoms with Gasteiger partial charge in [-0.05, 0) is 12.1 Å². The van der Waals surface area contributed by atoms with Crippen LogP contribution in [0.4, 0.5) is 5.69 Å². The standard InChI is InChI=1S/C15H17NO2/c1-17-15(18-2,13-9-5-3-6-10-13)16-14-11-7-4-8-12-14/h3-12,16H,1-2H3. The molecular weight excluding hydrogens is 226 g/mol. The Morgan fingerprint density at radius 3 is 1.78 bits per heavy atom. The van der Waals surface area contributed by atoms with E-state index in [0.717, 1.165) is 11.3 Å². The van der Waals surface area contributed by atoms with Gasteiger partial charge in [-0.1, -0.05) is 48.5 Å². The highest BCUT2D eigenvalue weighted by atomic mass is 16.7. The van der Waals surface area contributed by atoms with Gasteiger partial charge in [-0.15, -0.1) is 0 Å². The second-order valence-electron chi connectivity index (χ2n) is 3.88. The van der Waals surface area contributed by atoms with E-state index in [1.807, 2.05) is 60.7 Å². The highest BCUT2D eigenvalue weighted by Crippen LogP contribution is 2.27. The van der Waals surface area contributed by atoms with Crippen molar-refractivity contribution < 1.29 is 9.47 Å². The molecule has 3 nitrogen and oxygen atoms in total. The van der Waals surface area contributed by atoms with Gasteiger partial charge >= 0.3 is 0 Å². The summed E-state index contributed by atoms with van der Waals surface area (Å²) < 4.78 is 11.1. The minimum atomic E-state index is -0.970. The highest BCUT2D eigenvalue weighted by molar-refractivity contribution is 5.45. The van der Waals surface area contributed by atoms with Gasteiger partial charge in [0, 0.05) is 25.5 Å². The van der Waals surface area contributed by atoms with E-state index in [1.54, 1.807) is 14.2 Å². The second kappa shape index (κ2) is 5.67. The number of para-hydroxylation sites is 1. The number of nitrogens with one attached hydrogen (secondary N) is 1. The molecule has 0 saturated carbocycles. The van der Waals surface area contributed by atoms with Crippen LogP contribution < -0.4 is 5.32 Å². The van der Waals surface area contributed by atoms with E-state index in [4.69, 9.17) is 9.47 Å². The maximum absolute atomic E-state index is 5.54. The summed E-state index contributed by atoms with van der Waals surface area (Å²) in [6, 6.07) is 19.6. The van der Waals surface area contributed by atoms with Crippen molar-refractivity contribution in [2.24, 2.45) is 0 Å². The van der Waals surface area contributed by atoms with Crippen LogP contribution >= 0.6 is 0 Å². The molecule has 0 aliphatic heterocycles. The molecule has 0 aliphatic rings. The number of ether oxygens (including phenoxy) is 2. The smallest absolute Gasteiger partial charge is 0.277 e. The number of hydrogen-bond donors (Lipinski definition) is 1. The number of hydrogen-bond acceptors (Lipinski definition) is 3. The van der Waals surface area contributed by atoms with Gasteiger partial charge in [0.05, 0.1) is 0 Å². The zero-order chi connectivity index (χ0) is 12.8. The lowest BCUT2D eigenvalue weighted by Crippen LogP contribution is -2.39. The van der Waals surface area contributed by atoms with Crippen LogP contribution in [0.25, 0.3) is 0 Å². The minimum absolute atomic E-state index is 0.916. The molecule has 0 unspecified atom stereocenters. The SMILES string of the molecule is COC(Nc1ccccc1)(OC)c1ccccc1. The molecule has 1 N–H and O–H groups in total. The van der Waals surface area contributed by atoms with E-state index in [0.29, 0.717) is 0 Å². The summed E-state index contributed by atoms with van der Waals surface area (Å²) in [7, 11) is 3.24. The zero-order valence-electron chi connectivity index (χ0n) is 10.6. The van der Waals surface area contributed by atoms with Crippen molar-refractivity contribution in [3.63, 3.8) is 0 Å². The van der Waals surface area contributed by atoms with Crippen molar-refractivity contribution in [1.82, 2.24) is 0 Å². The fourth-order valence-corrected chi connectivity index (χ4v) is 1.86. The lowest BCUT2D eigenvalue weighted by molar-refractivity contribution is -0.193. The molecule has 0 atom stereocenters. The van der Waals surface area contributed by atoms with Crippen LogP contribution in [-0.2, 0) is 15.4 Å². The molecule has 0 aromatic heterocycles. The summed E-state index contributed by atoms with van der Waals surface area (Å²) in [6.45, 7) is 0. The molecule has 2 aromatic rings. The quantitative estimate of drug-likeness (QED) is 0.818. The monoisotopic (exact) mass is 243 g/mol. The first-order chi connectivity index (χ1) is 8.80. The second-order valence-corrected chi connectivity index (χ2v) is 3.88. The van der Waals surface area contributed by atoms with E-state index in [9.17, 15) is 0 Å². The van der Waals surface area contributed by atoms with Crippen molar-refractivity contribution in [1.29, 1.82) is 0 Å². The van der Waals surface area contributed by atoms with Gasteiger partial charge in [0.15, 0.2) is 0 Å². The summed E-state index contributed by atoms with van der Waals surface area (Å²) in [4.78, 5) is 0. The van der Waals surface area contributed by atoms with E-state index in [-0.39, 0.29) is 0 Å². The molecule has 0 aliphatic carbocycles. The third-order valence-corrected chi connectivity index (χ3v) is 2.81. The average Bonchev–Trinajstić information content (AvgIpc) is 2.47. The molecule has 0 bridgehead atoms. The van der Waals surface area contributed by atoms with Crippen LogP contribution in [0.15, 0.2) is 60.7 Å². The lowest BCUT2D eigenvalue weighted by Gasteiger charge is -2.32. The first kappa shape index (κ1) is 12.6. The van der Waals surface area contributed by atoms with Crippen molar-refractivity contribution in [3.8, 4) is 0 Å². The molecule has 18 heavy (non-hydrogen) atoms. The van der Waals surface area contributed by atoms with Crippen molar-refractivity contribution in [2.45, 2.75) is 5.91 Å². The summed E-state index contributed by atoms with van der Waals surface area (Å²) in [6.07, 6.45) is 0. The maximum atomic E-state index is 5.54. The van der Waals surface area contributed by atoms with Crippen LogP contribution in [0.5, 0.6) is 0 Å². The predicted octanol–water partition coefficient (Wildman–Crippen LogP) is 3.20. The molecule has 0 saturated heterocycles. The van der Waals surface area contributed by atoms with E-state index in [2.05, 4.69) is 5.32 Å². The van der Waals surface area contributed by atoms with Crippen molar-refractivity contribution >= 4 is 5.69 Å². The Bertz CT molecular complexity index is 466. The predicted molar refractivity (Wildman–Crippen MR) is 72.2 cm³/mol. The Kier molecular flexibility index (Phi) is 3.97. The number of methoxy groups -OCH3 is 2. The Labute approximate surface area is 107 Å². The normalized spacial score (nSPS) is 11.2. The zero-order valence-corrected chi connectivity index (χ0v) is 10.6. The van der Waals surface area contributed by atoms with Gasteiger partial charge < -0.3 is 14.8 Å². The fourth-order valence-electron chi connectivity index (χ4n) is 1.86. The minimum Gasteiger partial charge on any atom is -0.332 e. The van der Waals surface area contributed by atoms with E-state index in [1.165, 1.54) is 0 Å². The molecule has 0 fully saturated rings. The Hall–Kier alpha value is -1.84. The highest BCUT2D eigenvalue weighted by Gasteiger charge is 2.31. The molecule has 0 amide bonds. The van der Waals surface area contributed by atoms with Crippen LogP contribution in [-0.4, -0.2) is 14.2 Å². The third kappa shape index (κ3) is 2.53. The van der Waals surface area contributed by atoms with E-state index < -0.39 is 5.91 Å². The maximum Gasteiger partial charge on any atom is 0.277 e. The topological polar surface area (TPSA) is 30.5 Å². The number of benzene rings is 2. The Morgan fingerprint density at radius 2 is 1.28 bits per heavy atom. The molecule has 0 radical (unpaired) electrons. The first-order valence-electron chi connectivity index (χ1n) is 5.80. The van der Waals surface area contributed by atoms with Gasteiger partial charge in [-0.25, -0.2) is 0 Å². The van der Waals surface area contributed by atoms with Crippen LogP contribution in [0, 0.1) is 0 Å². The van der Waals surface area contributed by atoms with Crippen LogP contribution in [0.3, 0.4) is 0 Å². The summed E-state index contributed by atoms with van der Waals surface area (Å²) in [5, 5.41) is 3.26. The molecule has 0 heterocycles. The molecule has 3 heteroatoms. The fraction of sp³-hybridized carbons (Fsp3) is 0.200. The van der Waals surface area contributed by atoms with Gasteiger partial charge in [0.25, 0.3) is 5.91 Å². The molecule has 0 spiro atoms. The molecule has 2 rings (SSSR count). The largest absolute Gasteiger partial charge is 0.332 e. The first-order valence-corrected chi connectivity index (χ1v) is 5.80. The van der Waals surface area contributed by atoms with Gasteiger partial charge in [-0.2, -0.15) is 0 Å². The average molecular weight is 243 g/mol. The van der Waals surface area contributed by atoms with Gasteiger partial charge in [0.1, 0.15) is 0 Å². The third-order valence-electron chi connectivity index (χ3n) is 2.81. The van der Waals surface area contributed by atoms with Crippen LogP contribution in [0.1, 0.15) is 5.56 Å². The Morgan fingerprint density at radius 1 is 0.778 bits per heavy atom. The number of anilines is 1. The van der Waals surface area contributed by atoms with Gasteiger partial charge in [-0.3, -0.25) is 0 Å². The number of rotatable bonds is 5. The van der Waals surface area contributed by atoms with Crippen LogP contribution in [0.2, 0.25) is 0 Å². The van der Waals surface area contributed by atoms with Crippen molar-refractivity contribution in [3.05, 3.63) is 66.2 Å². The Balaban J connectivity index is 2.33. The molecular formula is C15H17NO2. The summed E-state index contributed by atoms with van der Waals surface area (Å²) >= 11 is 0.